The summed E-state index contributed by atoms with van der Waals surface area (Å²) >= 11 is 1.64. The highest BCUT2D eigenvalue weighted by Gasteiger charge is 2.34. The number of carboxylic acids is 1. The molecule has 2 heterocycles. The van der Waals surface area contributed by atoms with E-state index in [2.05, 4.69) is 16.8 Å². The van der Waals surface area contributed by atoms with E-state index in [4.69, 9.17) is 4.74 Å². The number of morpholine rings is 1. The van der Waals surface area contributed by atoms with Gasteiger partial charge in [0.2, 0.25) is 0 Å². The topological polar surface area (TPSA) is 62.7 Å². The molecule has 2 aliphatic rings. The largest absolute Gasteiger partial charge is 0.481 e. The lowest BCUT2D eigenvalue weighted by atomic mass is 10.1. The summed E-state index contributed by atoms with van der Waals surface area (Å²) in [6.45, 7) is 5.85. The van der Waals surface area contributed by atoms with Crippen molar-refractivity contribution in [1.29, 1.82) is 0 Å². The van der Waals surface area contributed by atoms with Crippen molar-refractivity contribution < 1.29 is 14.6 Å². The molecule has 2 atom stereocenters. The molecule has 5 nitrogen and oxygen atoms in total. The van der Waals surface area contributed by atoms with E-state index in [9.17, 15) is 9.90 Å². The Balaban J connectivity index is 1.75. The van der Waals surface area contributed by atoms with Gasteiger partial charge in [0.1, 0.15) is 17.0 Å². The predicted octanol–water partition coefficient (Wildman–Crippen LogP) is 2.04. The number of thiazole rings is 1. The summed E-state index contributed by atoms with van der Waals surface area (Å²) in [4.78, 5) is 19.4. The standard InChI is InChI=1S/C14H20N2O3S/c1-2-5-16-6-7-19-10(8-16)13-15-12-9(14(17)18)3-4-11(12)20-13/h9-10H,2-8H2,1H3,(H,17,18). The first kappa shape index (κ1) is 14.0. The molecule has 0 amide bonds. The van der Waals surface area contributed by atoms with Crippen LogP contribution in [0.4, 0.5) is 0 Å². The van der Waals surface area contributed by atoms with E-state index in [0.29, 0.717) is 6.42 Å². The number of aryl methyl sites for hydroxylation is 1. The van der Waals surface area contributed by atoms with Crippen molar-refractivity contribution in [3.63, 3.8) is 0 Å². The molecule has 110 valence electrons. The van der Waals surface area contributed by atoms with Gasteiger partial charge in [0.05, 0.1) is 12.3 Å². The third kappa shape index (κ3) is 2.60. The number of ether oxygens (including phenoxy) is 1. The fourth-order valence-corrected chi connectivity index (χ4v) is 4.18. The zero-order valence-electron chi connectivity index (χ0n) is 11.7. The minimum absolute atomic E-state index is 0.0142. The highest BCUT2D eigenvalue weighted by Crippen LogP contribution is 2.39. The first-order valence-electron chi connectivity index (χ1n) is 7.25. The molecule has 1 aromatic heterocycles. The van der Waals surface area contributed by atoms with Gasteiger partial charge in [-0.05, 0) is 25.8 Å². The molecule has 1 saturated heterocycles. The molecule has 1 aliphatic heterocycles. The van der Waals surface area contributed by atoms with Gasteiger partial charge in [0, 0.05) is 18.0 Å². The fraction of sp³-hybridized carbons (Fsp3) is 0.714. The molecule has 1 aromatic rings. The van der Waals surface area contributed by atoms with Crippen LogP contribution in [0.15, 0.2) is 0 Å². The number of fused-ring (bicyclic) bond motifs is 1. The Bertz CT molecular complexity index is 501. The summed E-state index contributed by atoms with van der Waals surface area (Å²) in [5, 5.41) is 10.2. The normalized spacial score (nSPS) is 26.6. The molecular formula is C14H20N2O3S. The van der Waals surface area contributed by atoms with Crippen molar-refractivity contribution in [2.24, 2.45) is 0 Å². The van der Waals surface area contributed by atoms with Crippen LogP contribution in [0.25, 0.3) is 0 Å². The van der Waals surface area contributed by atoms with Gasteiger partial charge in [0.15, 0.2) is 0 Å². The molecular weight excluding hydrogens is 276 g/mol. The number of aliphatic carboxylic acids is 1. The third-order valence-electron chi connectivity index (χ3n) is 4.00. The molecule has 0 spiro atoms. The van der Waals surface area contributed by atoms with Crippen LogP contribution in [0.1, 0.15) is 47.4 Å². The Morgan fingerprint density at radius 3 is 3.20 bits per heavy atom. The molecule has 0 aromatic carbocycles. The van der Waals surface area contributed by atoms with E-state index in [-0.39, 0.29) is 6.10 Å². The lowest BCUT2D eigenvalue weighted by Crippen LogP contribution is -2.38. The van der Waals surface area contributed by atoms with E-state index in [1.54, 1.807) is 11.3 Å². The lowest BCUT2D eigenvalue weighted by molar-refractivity contribution is -0.138. The van der Waals surface area contributed by atoms with Crippen molar-refractivity contribution >= 4 is 17.3 Å². The number of carbonyl (C=O) groups is 1. The number of rotatable bonds is 4. The Labute approximate surface area is 122 Å². The van der Waals surface area contributed by atoms with Crippen molar-refractivity contribution in [3.05, 3.63) is 15.6 Å². The van der Waals surface area contributed by atoms with Gasteiger partial charge >= 0.3 is 5.97 Å². The second-order valence-corrected chi connectivity index (χ2v) is 6.57. The Morgan fingerprint density at radius 2 is 2.45 bits per heavy atom. The molecule has 20 heavy (non-hydrogen) atoms. The zero-order valence-corrected chi connectivity index (χ0v) is 12.5. The SMILES string of the molecule is CCCN1CCOC(c2nc3c(s2)CCC3C(=O)O)C1. The molecule has 2 unspecified atom stereocenters. The van der Waals surface area contributed by atoms with Crippen LogP contribution in [0.5, 0.6) is 0 Å². The van der Waals surface area contributed by atoms with Gasteiger partial charge < -0.3 is 9.84 Å². The molecule has 1 fully saturated rings. The summed E-state index contributed by atoms with van der Waals surface area (Å²) in [6.07, 6.45) is 2.69. The van der Waals surface area contributed by atoms with Crippen molar-refractivity contribution in [3.8, 4) is 0 Å². The van der Waals surface area contributed by atoms with Crippen molar-refractivity contribution in [2.75, 3.05) is 26.2 Å². The minimum Gasteiger partial charge on any atom is -0.481 e. The van der Waals surface area contributed by atoms with Gasteiger partial charge in [0.25, 0.3) is 0 Å². The Kier molecular flexibility index (Phi) is 4.05. The predicted molar refractivity (Wildman–Crippen MR) is 76.2 cm³/mol. The molecule has 3 rings (SSSR count). The average molecular weight is 296 g/mol. The van der Waals surface area contributed by atoms with Crippen LogP contribution >= 0.6 is 11.3 Å². The van der Waals surface area contributed by atoms with Crippen LogP contribution in [0.3, 0.4) is 0 Å². The molecule has 0 saturated carbocycles. The second kappa shape index (κ2) is 5.79. The first-order valence-corrected chi connectivity index (χ1v) is 8.07. The highest BCUT2D eigenvalue weighted by atomic mass is 32.1. The van der Waals surface area contributed by atoms with E-state index in [1.165, 1.54) is 0 Å². The third-order valence-corrected chi connectivity index (χ3v) is 5.22. The smallest absolute Gasteiger partial charge is 0.312 e. The maximum Gasteiger partial charge on any atom is 0.312 e. The van der Waals surface area contributed by atoms with Crippen LogP contribution < -0.4 is 0 Å². The first-order chi connectivity index (χ1) is 9.69. The number of hydrogen-bond donors (Lipinski definition) is 1. The van der Waals surface area contributed by atoms with E-state index in [1.807, 2.05) is 0 Å². The van der Waals surface area contributed by atoms with E-state index >= 15 is 0 Å². The maximum atomic E-state index is 11.2. The molecule has 1 N–H and O–H groups in total. The van der Waals surface area contributed by atoms with Crippen molar-refractivity contribution in [1.82, 2.24) is 9.88 Å². The lowest BCUT2D eigenvalue weighted by Gasteiger charge is -2.31. The minimum atomic E-state index is -0.752. The Hall–Kier alpha value is -0.980. The summed E-state index contributed by atoms with van der Waals surface area (Å²) in [7, 11) is 0. The number of hydrogen-bond acceptors (Lipinski definition) is 5. The molecule has 6 heteroatoms. The average Bonchev–Trinajstić information content (AvgIpc) is 2.98. The van der Waals surface area contributed by atoms with Gasteiger partial charge in [-0.2, -0.15) is 0 Å². The zero-order chi connectivity index (χ0) is 14.1. The van der Waals surface area contributed by atoms with Gasteiger partial charge in [-0.25, -0.2) is 4.98 Å². The molecule has 1 aliphatic carbocycles. The van der Waals surface area contributed by atoms with Gasteiger partial charge in [-0.3, -0.25) is 9.69 Å². The maximum absolute atomic E-state index is 11.2. The summed E-state index contributed by atoms with van der Waals surface area (Å²) in [6, 6.07) is 0. The quantitative estimate of drug-likeness (QED) is 0.921. The number of aromatic nitrogens is 1. The monoisotopic (exact) mass is 296 g/mol. The summed E-state index contributed by atoms with van der Waals surface area (Å²) in [5.74, 6) is -1.16. The summed E-state index contributed by atoms with van der Waals surface area (Å²) < 4.78 is 5.83. The fourth-order valence-electron chi connectivity index (χ4n) is 3.00. The number of carboxylic acid groups (broad SMARTS) is 1. The Morgan fingerprint density at radius 1 is 1.60 bits per heavy atom. The van der Waals surface area contributed by atoms with Crippen LogP contribution in [-0.2, 0) is 16.0 Å². The van der Waals surface area contributed by atoms with Crippen molar-refractivity contribution in [2.45, 2.75) is 38.2 Å². The molecule has 0 bridgehead atoms. The van der Waals surface area contributed by atoms with Crippen LogP contribution in [0.2, 0.25) is 0 Å². The van der Waals surface area contributed by atoms with Crippen LogP contribution in [-0.4, -0.2) is 47.2 Å². The van der Waals surface area contributed by atoms with Gasteiger partial charge in [-0.1, -0.05) is 6.92 Å². The van der Waals surface area contributed by atoms with E-state index < -0.39 is 11.9 Å². The molecule has 0 radical (unpaired) electrons. The van der Waals surface area contributed by atoms with Gasteiger partial charge in [-0.15, -0.1) is 11.3 Å². The van der Waals surface area contributed by atoms with E-state index in [0.717, 1.165) is 54.7 Å². The van der Waals surface area contributed by atoms with Crippen LogP contribution in [0, 0.1) is 0 Å². The second-order valence-electron chi connectivity index (χ2n) is 5.45. The number of nitrogens with zero attached hydrogens (tertiary/aromatic N) is 2. The summed E-state index contributed by atoms with van der Waals surface area (Å²) in [5.41, 5.74) is 0.786. The highest BCUT2D eigenvalue weighted by molar-refractivity contribution is 7.11.